The zero-order valence-electron chi connectivity index (χ0n) is 13.0. The number of benzene rings is 1. The zero-order chi connectivity index (χ0) is 16.8. The molecule has 1 saturated heterocycles. The van der Waals surface area contributed by atoms with Crippen LogP contribution in [-0.4, -0.2) is 48.1 Å². The van der Waals surface area contributed by atoms with Crippen LogP contribution in [0, 0.1) is 0 Å². The molecule has 0 saturated carbocycles. The molecular formula is C15H18ClN3O3S. The number of carbonyl (C=O) groups excluding carboxylic acids is 1. The van der Waals surface area contributed by atoms with E-state index in [2.05, 4.69) is 4.98 Å². The molecule has 0 aliphatic carbocycles. The number of hydrogen-bond acceptors (Lipinski definition) is 4. The number of likely N-dealkylation sites (tertiary alicyclic amines) is 1. The first kappa shape index (κ1) is 16.3. The number of para-hydroxylation sites is 1. The van der Waals surface area contributed by atoms with Crippen LogP contribution in [0.4, 0.5) is 0 Å². The van der Waals surface area contributed by atoms with E-state index >= 15 is 0 Å². The second-order valence-corrected chi connectivity index (χ2v) is 8.20. The van der Waals surface area contributed by atoms with Crippen molar-refractivity contribution in [2.75, 3.05) is 19.3 Å². The molecule has 0 bridgehead atoms. The van der Waals surface area contributed by atoms with Crippen molar-refractivity contribution in [2.24, 2.45) is 0 Å². The standard InChI is InChI=1S/C15H18ClN3O3S/c1-10(20)18-8-6-11(7-9-18)19-14-12(16)4-3-5-13(14)17-15(19)23(2,21)22/h3-5,11H,6-9H2,1-2H3. The van der Waals surface area contributed by atoms with Crippen LogP contribution in [0.25, 0.3) is 11.0 Å². The van der Waals surface area contributed by atoms with Gasteiger partial charge in [-0.3, -0.25) is 4.79 Å². The summed E-state index contributed by atoms with van der Waals surface area (Å²) in [5.74, 6) is 0.0420. The molecule has 1 fully saturated rings. The highest BCUT2D eigenvalue weighted by molar-refractivity contribution is 7.90. The lowest BCUT2D eigenvalue weighted by atomic mass is 10.0. The van der Waals surface area contributed by atoms with Crippen LogP contribution in [0.1, 0.15) is 25.8 Å². The molecule has 1 aromatic carbocycles. The Morgan fingerprint density at radius 3 is 2.52 bits per heavy atom. The Labute approximate surface area is 140 Å². The molecule has 0 unspecified atom stereocenters. The van der Waals surface area contributed by atoms with Gasteiger partial charge in [0, 0.05) is 32.3 Å². The monoisotopic (exact) mass is 355 g/mol. The van der Waals surface area contributed by atoms with Crippen LogP contribution >= 0.6 is 11.6 Å². The fraction of sp³-hybridized carbons (Fsp3) is 0.467. The molecular weight excluding hydrogens is 338 g/mol. The van der Waals surface area contributed by atoms with Gasteiger partial charge in [0.05, 0.1) is 16.1 Å². The number of aromatic nitrogens is 2. The topological polar surface area (TPSA) is 72.3 Å². The Morgan fingerprint density at radius 1 is 1.30 bits per heavy atom. The number of sulfone groups is 1. The van der Waals surface area contributed by atoms with Gasteiger partial charge in [-0.2, -0.15) is 0 Å². The molecule has 1 amide bonds. The average Bonchev–Trinajstić information content (AvgIpc) is 2.88. The van der Waals surface area contributed by atoms with Crippen molar-refractivity contribution in [1.82, 2.24) is 14.5 Å². The third-order valence-electron chi connectivity index (χ3n) is 4.24. The minimum atomic E-state index is -3.48. The van der Waals surface area contributed by atoms with Crippen molar-refractivity contribution < 1.29 is 13.2 Å². The van der Waals surface area contributed by atoms with Crippen molar-refractivity contribution in [2.45, 2.75) is 31.0 Å². The highest BCUT2D eigenvalue weighted by atomic mass is 35.5. The quantitative estimate of drug-likeness (QED) is 0.828. The number of hydrogen-bond donors (Lipinski definition) is 0. The van der Waals surface area contributed by atoms with Gasteiger partial charge in [0.25, 0.3) is 0 Å². The SMILES string of the molecule is CC(=O)N1CCC(n2c(S(C)(=O)=O)nc3cccc(Cl)c32)CC1. The number of imidazole rings is 1. The number of piperidine rings is 1. The Bertz CT molecular complexity index is 867. The zero-order valence-corrected chi connectivity index (χ0v) is 14.6. The van der Waals surface area contributed by atoms with E-state index in [4.69, 9.17) is 11.6 Å². The molecule has 0 atom stereocenters. The summed E-state index contributed by atoms with van der Waals surface area (Å²) in [6, 6.07) is 5.21. The molecule has 6 nitrogen and oxygen atoms in total. The number of amides is 1. The summed E-state index contributed by atoms with van der Waals surface area (Å²) in [4.78, 5) is 17.5. The summed E-state index contributed by atoms with van der Waals surface area (Å²) >= 11 is 6.30. The van der Waals surface area contributed by atoms with Crippen LogP contribution < -0.4 is 0 Å². The first-order valence-electron chi connectivity index (χ1n) is 7.41. The molecule has 1 aromatic heterocycles. The number of nitrogens with zero attached hydrogens (tertiary/aromatic N) is 3. The number of carbonyl (C=O) groups is 1. The summed E-state index contributed by atoms with van der Waals surface area (Å²) in [6.07, 6.45) is 2.51. The summed E-state index contributed by atoms with van der Waals surface area (Å²) < 4.78 is 26.1. The van der Waals surface area contributed by atoms with Crippen molar-refractivity contribution in [3.63, 3.8) is 0 Å². The van der Waals surface area contributed by atoms with Crippen molar-refractivity contribution in [1.29, 1.82) is 0 Å². The van der Waals surface area contributed by atoms with E-state index in [9.17, 15) is 13.2 Å². The summed E-state index contributed by atoms with van der Waals surface area (Å²) in [5, 5.41) is 0.528. The number of rotatable bonds is 2. The van der Waals surface area contributed by atoms with Crippen molar-refractivity contribution in [3.05, 3.63) is 23.2 Å². The van der Waals surface area contributed by atoms with Gasteiger partial charge in [-0.05, 0) is 25.0 Å². The van der Waals surface area contributed by atoms with Crippen LogP contribution in [0.5, 0.6) is 0 Å². The van der Waals surface area contributed by atoms with Crippen LogP contribution in [0.2, 0.25) is 5.02 Å². The van der Waals surface area contributed by atoms with Crippen molar-refractivity contribution >= 4 is 38.4 Å². The van der Waals surface area contributed by atoms with Crippen LogP contribution in [0.15, 0.2) is 23.4 Å². The van der Waals surface area contributed by atoms with E-state index in [0.29, 0.717) is 42.0 Å². The third-order valence-corrected chi connectivity index (χ3v) is 5.49. The van der Waals surface area contributed by atoms with E-state index in [1.54, 1.807) is 34.6 Å². The van der Waals surface area contributed by atoms with Gasteiger partial charge in [0.1, 0.15) is 0 Å². The molecule has 2 heterocycles. The van der Waals surface area contributed by atoms with Crippen LogP contribution in [0.3, 0.4) is 0 Å². The average molecular weight is 356 g/mol. The van der Waals surface area contributed by atoms with E-state index in [-0.39, 0.29) is 17.1 Å². The number of fused-ring (bicyclic) bond motifs is 1. The predicted molar refractivity (Wildman–Crippen MR) is 88.4 cm³/mol. The van der Waals surface area contributed by atoms with Gasteiger partial charge >= 0.3 is 0 Å². The number of halogens is 1. The van der Waals surface area contributed by atoms with Gasteiger partial charge in [-0.25, -0.2) is 13.4 Å². The maximum Gasteiger partial charge on any atom is 0.228 e. The highest BCUT2D eigenvalue weighted by Gasteiger charge is 2.29. The first-order valence-corrected chi connectivity index (χ1v) is 9.68. The van der Waals surface area contributed by atoms with Gasteiger partial charge < -0.3 is 9.47 Å². The van der Waals surface area contributed by atoms with Crippen LogP contribution in [-0.2, 0) is 14.6 Å². The summed E-state index contributed by atoms with van der Waals surface area (Å²) in [7, 11) is -3.48. The first-order chi connectivity index (χ1) is 10.8. The normalized spacial score (nSPS) is 16.9. The molecule has 23 heavy (non-hydrogen) atoms. The lowest BCUT2D eigenvalue weighted by Gasteiger charge is -2.32. The molecule has 1 aliphatic rings. The van der Waals surface area contributed by atoms with Gasteiger partial charge in [-0.15, -0.1) is 0 Å². The lowest BCUT2D eigenvalue weighted by molar-refractivity contribution is -0.130. The second kappa shape index (κ2) is 5.79. The maximum atomic E-state index is 12.2. The Kier molecular flexibility index (Phi) is 4.10. The lowest BCUT2D eigenvalue weighted by Crippen LogP contribution is -2.38. The molecule has 0 radical (unpaired) electrons. The highest BCUT2D eigenvalue weighted by Crippen LogP contribution is 2.34. The van der Waals surface area contributed by atoms with Gasteiger partial charge in [0.2, 0.25) is 20.9 Å². The largest absolute Gasteiger partial charge is 0.343 e. The Balaban J connectivity index is 2.11. The van der Waals surface area contributed by atoms with Gasteiger partial charge in [-0.1, -0.05) is 17.7 Å². The van der Waals surface area contributed by atoms with Gasteiger partial charge in [0.15, 0.2) is 0 Å². The molecule has 8 heteroatoms. The molecule has 124 valence electrons. The van der Waals surface area contributed by atoms with Crippen molar-refractivity contribution in [3.8, 4) is 0 Å². The maximum absolute atomic E-state index is 12.2. The fourth-order valence-corrected chi connectivity index (χ4v) is 4.25. The molecule has 3 rings (SSSR count). The van der Waals surface area contributed by atoms with E-state index in [1.807, 2.05) is 0 Å². The smallest absolute Gasteiger partial charge is 0.228 e. The fourth-order valence-electron chi connectivity index (χ4n) is 3.12. The molecule has 1 aliphatic heterocycles. The molecule has 0 spiro atoms. The minimum Gasteiger partial charge on any atom is -0.343 e. The second-order valence-electron chi connectivity index (χ2n) is 5.88. The Morgan fingerprint density at radius 2 is 1.96 bits per heavy atom. The molecule has 2 aromatic rings. The minimum absolute atomic E-state index is 0.0415. The van der Waals surface area contributed by atoms with E-state index < -0.39 is 9.84 Å². The predicted octanol–water partition coefficient (Wildman–Crippen LogP) is 2.28. The summed E-state index contributed by atoms with van der Waals surface area (Å²) in [6.45, 7) is 2.76. The Hall–Kier alpha value is -1.60. The molecule has 0 N–H and O–H groups in total. The van der Waals surface area contributed by atoms with E-state index in [0.717, 1.165) is 6.26 Å². The van der Waals surface area contributed by atoms with E-state index in [1.165, 1.54) is 0 Å². The summed E-state index contributed by atoms with van der Waals surface area (Å²) in [5.41, 5.74) is 1.22. The third kappa shape index (κ3) is 2.95.